The molecule has 2 aromatic rings. The largest absolute Gasteiger partial charge is 0.497 e. The molecule has 0 fully saturated rings. The molecule has 5 nitrogen and oxygen atoms in total. The number of nitrogens with one attached hydrogen (secondary N) is 1. The zero-order valence-electron chi connectivity index (χ0n) is 10.9. The molecule has 0 saturated carbocycles. The van der Waals surface area contributed by atoms with Crippen LogP contribution in [0.3, 0.4) is 0 Å². The van der Waals surface area contributed by atoms with Crippen LogP contribution in [-0.2, 0) is 23.2 Å². The second-order valence-corrected chi connectivity index (χ2v) is 6.84. The van der Waals surface area contributed by atoms with E-state index in [1.54, 1.807) is 31.4 Å². The fraction of sp³-hybridized carbons (Fsp3) is 0.231. The Bertz CT molecular complexity index is 662. The van der Waals surface area contributed by atoms with Crippen molar-refractivity contribution in [2.75, 3.05) is 7.11 Å². The van der Waals surface area contributed by atoms with Crippen LogP contribution < -0.4 is 9.46 Å². The molecule has 0 aliphatic rings. The van der Waals surface area contributed by atoms with Gasteiger partial charge in [0, 0.05) is 16.8 Å². The van der Waals surface area contributed by atoms with Gasteiger partial charge in [0.2, 0.25) is 10.0 Å². The topological polar surface area (TPSA) is 75.6 Å². The Hall–Kier alpha value is -1.41. The van der Waals surface area contributed by atoms with E-state index < -0.39 is 10.0 Å². The lowest BCUT2D eigenvalue weighted by Gasteiger charge is -2.06. The molecule has 0 radical (unpaired) electrons. The van der Waals surface area contributed by atoms with Gasteiger partial charge in [-0.25, -0.2) is 13.1 Å². The molecule has 0 spiro atoms. The molecular formula is C13H15NO4S2. The summed E-state index contributed by atoms with van der Waals surface area (Å²) >= 11 is 1.22. The molecule has 0 amide bonds. The van der Waals surface area contributed by atoms with Crippen molar-refractivity contribution in [1.29, 1.82) is 0 Å². The summed E-state index contributed by atoms with van der Waals surface area (Å²) < 4.78 is 31.7. The lowest BCUT2D eigenvalue weighted by molar-refractivity contribution is 0.285. The summed E-state index contributed by atoms with van der Waals surface area (Å²) in [5.41, 5.74) is 0.840. The maximum absolute atomic E-state index is 12.0. The molecule has 0 aliphatic heterocycles. The van der Waals surface area contributed by atoms with Gasteiger partial charge in [-0.3, -0.25) is 0 Å². The Morgan fingerprint density at radius 3 is 2.55 bits per heavy atom. The normalized spacial score (nSPS) is 11.5. The van der Waals surface area contributed by atoms with E-state index in [1.165, 1.54) is 22.8 Å². The molecule has 2 N–H and O–H groups in total. The minimum Gasteiger partial charge on any atom is -0.497 e. The molecule has 0 unspecified atom stereocenters. The fourth-order valence-electron chi connectivity index (χ4n) is 1.59. The molecule has 0 bridgehead atoms. The highest BCUT2D eigenvalue weighted by Gasteiger charge is 2.15. The average Bonchev–Trinajstić information content (AvgIpc) is 2.95. The third kappa shape index (κ3) is 3.57. The van der Waals surface area contributed by atoms with Gasteiger partial charge >= 0.3 is 0 Å². The molecule has 108 valence electrons. The fourth-order valence-corrected chi connectivity index (χ4v) is 3.74. The first-order chi connectivity index (χ1) is 9.55. The summed E-state index contributed by atoms with van der Waals surface area (Å²) in [6.07, 6.45) is 0. The minimum absolute atomic E-state index is 0.154. The molecule has 0 atom stereocenters. The molecule has 1 heterocycles. The van der Waals surface area contributed by atoms with E-state index >= 15 is 0 Å². The van der Waals surface area contributed by atoms with E-state index in [-0.39, 0.29) is 18.0 Å². The Kier molecular flexibility index (Phi) is 4.77. The van der Waals surface area contributed by atoms with Gasteiger partial charge in [0.1, 0.15) is 5.75 Å². The Morgan fingerprint density at radius 2 is 2.00 bits per heavy atom. The lowest BCUT2D eigenvalue weighted by atomic mass is 10.2. The number of benzene rings is 1. The van der Waals surface area contributed by atoms with Gasteiger partial charge in [0.15, 0.2) is 0 Å². The van der Waals surface area contributed by atoms with Crippen LogP contribution in [0.1, 0.15) is 10.4 Å². The van der Waals surface area contributed by atoms with Gasteiger partial charge in [-0.15, -0.1) is 11.3 Å². The summed E-state index contributed by atoms with van der Waals surface area (Å²) in [6.45, 7) is 0.0509. The number of sulfonamides is 1. The van der Waals surface area contributed by atoms with E-state index in [9.17, 15) is 8.42 Å². The van der Waals surface area contributed by atoms with Crippen LogP contribution in [0.5, 0.6) is 5.75 Å². The van der Waals surface area contributed by atoms with Crippen molar-refractivity contribution in [3.8, 4) is 5.75 Å². The van der Waals surface area contributed by atoms with Gasteiger partial charge in [-0.1, -0.05) is 12.1 Å². The molecule has 1 aromatic carbocycles. The predicted octanol–water partition coefficient (Wildman–Crippen LogP) is 1.73. The van der Waals surface area contributed by atoms with Crippen molar-refractivity contribution >= 4 is 21.4 Å². The first-order valence-electron chi connectivity index (χ1n) is 5.86. The lowest BCUT2D eigenvalue weighted by Crippen LogP contribution is -2.22. The molecular weight excluding hydrogens is 298 g/mol. The van der Waals surface area contributed by atoms with E-state index in [0.29, 0.717) is 4.88 Å². The summed E-state index contributed by atoms with van der Waals surface area (Å²) in [7, 11) is -1.97. The highest BCUT2D eigenvalue weighted by molar-refractivity contribution is 7.89. The Labute approximate surface area is 121 Å². The van der Waals surface area contributed by atoms with Crippen LogP contribution in [0.4, 0.5) is 0 Å². The van der Waals surface area contributed by atoms with E-state index in [2.05, 4.69) is 4.72 Å². The van der Waals surface area contributed by atoms with Crippen LogP contribution >= 0.6 is 11.3 Å². The van der Waals surface area contributed by atoms with Crippen molar-refractivity contribution in [1.82, 2.24) is 4.72 Å². The summed E-state index contributed by atoms with van der Waals surface area (Å²) in [4.78, 5) is 0.801. The van der Waals surface area contributed by atoms with Gasteiger partial charge in [0.25, 0.3) is 0 Å². The van der Waals surface area contributed by atoms with Crippen molar-refractivity contribution in [3.63, 3.8) is 0 Å². The van der Waals surface area contributed by atoms with Crippen molar-refractivity contribution < 1.29 is 18.3 Å². The number of ether oxygens (including phenoxy) is 1. The summed E-state index contributed by atoms with van der Waals surface area (Å²) in [6, 6.07) is 8.62. The number of aliphatic hydroxyl groups excluding tert-OH is 1. The maximum Gasteiger partial charge on any atom is 0.241 e. The van der Waals surface area contributed by atoms with Crippen LogP contribution in [-0.4, -0.2) is 20.6 Å². The zero-order chi connectivity index (χ0) is 14.6. The number of thiophene rings is 1. The SMILES string of the molecule is COc1ccc(CNS(=O)(=O)c2csc(CO)c2)cc1. The molecule has 1 aromatic heterocycles. The second kappa shape index (κ2) is 6.36. The Balaban J connectivity index is 2.04. The first-order valence-corrected chi connectivity index (χ1v) is 8.22. The number of methoxy groups -OCH3 is 1. The summed E-state index contributed by atoms with van der Waals surface area (Å²) in [5.74, 6) is 0.724. The number of rotatable bonds is 6. The monoisotopic (exact) mass is 313 g/mol. The van der Waals surface area contributed by atoms with Gasteiger partial charge in [0.05, 0.1) is 18.6 Å². The highest BCUT2D eigenvalue weighted by atomic mass is 32.2. The molecule has 20 heavy (non-hydrogen) atoms. The second-order valence-electron chi connectivity index (χ2n) is 4.08. The number of aliphatic hydroxyl groups is 1. The molecule has 0 aliphatic carbocycles. The van der Waals surface area contributed by atoms with Crippen LogP contribution in [0.15, 0.2) is 40.6 Å². The Morgan fingerprint density at radius 1 is 1.30 bits per heavy atom. The van der Waals surface area contributed by atoms with Crippen LogP contribution in [0, 0.1) is 0 Å². The predicted molar refractivity (Wildman–Crippen MR) is 77.3 cm³/mol. The van der Waals surface area contributed by atoms with E-state index in [4.69, 9.17) is 9.84 Å². The third-order valence-electron chi connectivity index (χ3n) is 2.72. The molecule has 0 saturated heterocycles. The summed E-state index contributed by atoms with van der Waals surface area (Å²) in [5, 5.41) is 10.5. The first kappa shape index (κ1) is 15.0. The average molecular weight is 313 g/mol. The van der Waals surface area contributed by atoms with Gasteiger partial charge in [-0.05, 0) is 23.8 Å². The highest BCUT2D eigenvalue weighted by Crippen LogP contribution is 2.19. The van der Waals surface area contributed by atoms with Crippen molar-refractivity contribution in [2.45, 2.75) is 18.0 Å². The standard InChI is InChI=1S/C13H15NO4S2/c1-18-11-4-2-10(3-5-11)7-14-20(16,17)13-6-12(8-15)19-9-13/h2-6,9,14-15H,7-8H2,1H3. The van der Waals surface area contributed by atoms with Crippen LogP contribution in [0.25, 0.3) is 0 Å². The zero-order valence-corrected chi connectivity index (χ0v) is 12.5. The van der Waals surface area contributed by atoms with Crippen LogP contribution in [0.2, 0.25) is 0 Å². The van der Waals surface area contributed by atoms with Gasteiger partial charge < -0.3 is 9.84 Å². The smallest absolute Gasteiger partial charge is 0.241 e. The van der Waals surface area contributed by atoms with Gasteiger partial charge in [-0.2, -0.15) is 0 Å². The molecule has 7 heteroatoms. The maximum atomic E-state index is 12.0. The van der Waals surface area contributed by atoms with E-state index in [1.807, 2.05) is 0 Å². The third-order valence-corrected chi connectivity index (χ3v) is 5.17. The minimum atomic E-state index is -3.55. The molecule has 2 rings (SSSR count). The van der Waals surface area contributed by atoms with Crippen molar-refractivity contribution in [3.05, 3.63) is 46.2 Å². The number of hydrogen-bond acceptors (Lipinski definition) is 5. The van der Waals surface area contributed by atoms with E-state index in [0.717, 1.165) is 11.3 Å². The van der Waals surface area contributed by atoms with Crippen molar-refractivity contribution in [2.24, 2.45) is 0 Å². The number of hydrogen-bond donors (Lipinski definition) is 2. The quantitative estimate of drug-likeness (QED) is 0.851.